The van der Waals surface area contributed by atoms with Crippen molar-refractivity contribution in [2.75, 3.05) is 0 Å². The van der Waals surface area contributed by atoms with Gasteiger partial charge >= 0.3 is 0 Å². The molecule has 1 rings (SSSR count). The van der Waals surface area contributed by atoms with Gasteiger partial charge in [-0.3, -0.25) is 0 Å². The van der Waals surface area contributed by atoms with Crippen LogP contribution in [-0.2, 0) is 0 Å². The molecule has 14 heavy (non-hydrogen) atoms. The summed E-state index contributed by atoms with van der Waals surface area (Å²) in [6.45, 7) is 6.80. The molecule has 0 saturated heterocycles. The van der Waals surface area contributed by atoms with Crippen molar-refractivity contribution >= 4 is 53.2 Å². The summed E-state index contributed by atoms with van der Waals surface area (Å²) in [6, 6.07) is 0. The Kier molecular flexibility index (Phi) is 3.24. The summed E-state index contributed by atoms with van der Waals surface area (Å²) in [5.74, 6) is 0.632. The molecular formula is C10H18B4. The van der Waals surface area contributed by atoms with E-state index >= 15 is 0 Å². The maximum atomic E-state index is 2.28. The van der Waals surface area contributed by atoms with Gasteiger partial charge in [0.15, 0.2) is 0 Å². The van der Waals surface area contributed by atoms with Crippen LogP contribution in [0, 0.1) is 6.92 Å². The van der Waals surface area contributed by atoms with Gasteiger partial charge < -0.3 is 0 Å². The zero-order chi connectivity index (χ0) is 11.0. The quantitative estimate of drug-likeness (QED) is 0.389. The van der Waals surface area contributed by atoms with Gasteiger partial charge in [0.1, 0.15) is 31.4 Å². The molecule has 0 nitrogen and oxygen atoms in total. The van der Waals surface area contributed by atoms with Crippen molar-refractivity contribution in [3.63, 3.8) is 0 Å². The van der Waals surface area contributed by atoms with Crippen LogP contribution in [-0.4, -0.2) is 31.4 Å². The highest BCUT2D eigenvalue weighted by atomic mass is 14.1. The van der Waals surface area contributed by atoms with Gasteiger partial charge in [-0.05, 0) is 12.8 Å². The molecule has 0 N–H and O–H groups in total. The van der Waals surface area contributed by atoms with Crippen LogP contribution in [0.3, 0.4) is 0 Å². The maximum Gasteiger partial charge on any atom is 0.139 e. The molecule has 0 spiro atoms. The van der Waals surface area contributed by atoms with E-state index in [-0.39, 0.29) is 0 Å². The molecule has 0 aromatic heterocycles. The first kappa shape index (κ1) is 11.6. The van der Waals surface area contributed by atoms with Gasteiger partial charge in [-0.15, -0.1) is 5.46 Å². The second kappa shape index (κ2) is 3.92. The first-order chi connectivity index (χ1) is 6.37. The van der Waals surface area contributed by atoms with Gasteiger partial charge in [0.25, 0.3) is 0 Å². The van der Waals surface area contributed by atoms with Gasteiger partial charge in [-0.1, -0.05) is 41.4 Å². The molecule has 0 atom stereocenters. The summed E-state index contributed by atoms with van der Waals surface area (Å²) >= 11 is 0. The highest BCUT2D eigenvalue weighted by Crippen LogP contribution is 2.07. The van der Waals surface area contributed by atoms with Crippen molar-refractivity contribution in [2.24, 2.45) is 0 Å². The molecule has 0 heterocycles. The molecule has 0 amide bonds. The van der Waals surface area contributed by atoms with E-state index in [1.165, 1.54) is 27.4 Å². The fraction of sp³-hybridized carbons (Fsp3) is 0.400. The summed E-state index contributed by atoms with van der Waals surface area (Å²) in [5, 5.41) is 0. The van der Waals surface area contributed by atoms with E-state index in [2.05, 4.69) is 52.2 Å². The van der Waals surface area contributed by atoms with Gasteiger partial charge in [0, 0.05) is 0 Å². The lowest BCUT2D eigenvalue weighted by molar-refractivity contribution is 0.880. The van der Waals surface area contributed by atoms with E-state index in [1.54, 1.807) is 5.56 Å². The average molecular weight is 182 g/mol. The third kappa shape index (κ3) is 1.67. The Hall–Kier alpha value is -0.520. The number of hydrogen-bond acceptors (Lipinski definition) is 0. The van der Waals surface area contributed by atoms with Gasteiger partial charge in [-0.2, -0.15) is 0 Å². The first-order valence-corrected chi connectivity index (χ1v) is 5.44. The van der Waals surface area contributed by atoms with Crippen LogP contribution >= 0.6 is 0 Å². The third-order valence-electron chi connectivity index (χ3n) is 3.64. The summed E-state index contributed by atoms with van der Waals surface area (Å²) in [5.41, 5.74) is 8.92. The van der Waals surface area contributed by atoms with E-state index < -0.39 is 0 Å². The first-order valence-electron chi connectivity index (χ1n) is 5.44. The zero-order valence-electron chi connectivity index (χ0n) is 10.6. The Bertz CT molecular complexity index is 340. The van der Waals surface area contributed by atoms with E-state index in [1.807, 2.05) is 0 Å². The van der Waals surface area contributed by atoms with E-state index in [4.69, 9.17) is 0 Å². The van der Waals surface area contributed by atoms with Crippen LogP contribution in [0.25, 0.3) is 0 Å². The lowest BCUT2D eigenvalue weighted by Gasteiger charge is -2.22. The van der Waals surface area contributed by atoms with E-state index in [9.17, 15) is 0 Å². The van der Waals surface area contributed by atoms with Crippen molar-refractivity contribution in [1.82, 2.24) is 0 Å². The van der Waals surface area contributed by atoms with Crippen LogP contribution in [0.5, 0.6) is 0 Å². The van der Waals surface area contributed by atoms with Gasteiger partial charge in [-0.25, -0.2) is 0 Å². The van der Waals surface area contributed by atoms with Crippen LogP contribution in [0.1, 0.15) is 30.9 Å². The second-order valence-corrected chi connectivity index (χ2v) is 4.69. The molecule has 0 bridgehead atoms. The molecule has 0 aliphatic rings. The van der Waals surface area contributed by atoms with Crippen LogP contribution < -0.4 is 21.9 Å². The minimum absolute atomic E-state index is 0.632. The molecule has 1 aromatic rings. The topological polar surface area (TPSA) is 0 Å². The molecule has 70 valence electrons. The summed E-state index contributed by atoms with van der Waals surface area (Å²) in [7, 11) is 8.98. The van der Waals surface area contributed by atoms with Crippen LogP contribution in [0.2, 0.25) is 0 Å². The molecular weight excluding hydrogens is 163 g/mol. The van der Waals surface area contributed by atoms with Crippen molar-refractivity contribution < 1.29 is 0 Å². The van der Waals surface area contributed by atoms with Crippen LogP contribution in [0.4, 0.5) is 0 Å². The largest absolute Gasteiger partial charge is 0.139 e. The average Bonchev–Trinajstić information content (AvgIpc) is 2.11. The Morgan fingerprint density at radius 1 is 0.786 bits per heavy atom. The fourth-order valence-corrected chi connectivity index (χ4v) is 2.40. The summed E-state index contributed by atoms with van der Waals surface area (Å²) in [4.78, 5) is 0. The molecule has 4 heteroatoms. The molecule has 0 radical (unpaired) electrons. The minimum Gasteiger partial charge on any atom is -0.101 e. The SMILES string of the molecule is Bc1c(B)c(C)c(B)c(C(C)C)c1B. The molecule has 0 fully saturated rings. The highest BCUT2D eigenvalue weighted by Gasteiger charge is 2.13. The van der Waals surface area contributed by atoms with Gasteiger partial charge in [0.05, 0.1) is 0 Å². The smallest absolute Gasteiger partial charge is 0.101 e. The Morgan fingerprint density at radius 3 is 1.71 bits per heavy atom. The summed E-state index contributed by atoms with van der Waals surface area (Å²) in [6.07, 6.45) is 0. The third-order valence-corrected chi connectivity index (χ3v) is 3.64. The van der Waals surface area contributed by atoms with Crippen LogP contribution in [0.15, 0.2) is 0 Å². The minimum atomic E-state index is 0.632. The predicted octanol–water partition coefficient (Wildman–Crippen LogP) is -3.85. The standard InChI is InChI=1S/C10H18B4/c1-4(2)6-7(11)5(3)8(12)10(14)9(6)13/h4H,11-14H2,1-3H3. The highest BCUT2D eigenvalue weighted by molar-refractivity contribution is 6.60. The Labute approximate surface area is 91.5 Å². The number of hydrogen-bond donors (Lipinski definition) is 0. The predicted molar refractivity (Wildman–Crippen MR) is 78.0 cm³/mol. The zero-order valence-corrected chi connectivity index (χ0v) is 10.6. The fourth-order valence-electron chi connectivity index (χ4n) is 2.40. The lowest BCUT2D eigenvalue weighted by atomic mass is 9.63. The van der Waals surface area contributed by atoms with Gasteiger partial charge in [0.2, 0.25) is 0 Å². The second-order valence-electron chi connectivity index (χ2n) is 4.69. The molecule has 1 aromatic carbocycles. The van der Waals surface area contributed by atoms with E-state index in [0.29, 0.717) is 5.92 Å². The van der Waals surface area contributed by atoms with Crippen molar-refractivity contribution in [2.45, 2.75) is 26.7 Å². The normalized spacial score (nSPS) is 10.9. The maximum absolute atomic E-state index is 2.28. The molecule has 0 saturated carbocycles. The lowest BCUT2D eigenvalue weighted by Crippen LogP contribution is -2.48. The van der Waals surface area contributed by atoms with Crippen molar-refractivity contribution in [1.29, 1.82) is 0 Å². The number of rotatable bonds is 1. The monoisotopic (exact) mass is 182 g/mol. The van der Waals surface area contributed by atoms with Crippen molar-refractivity contribution in [3.8, 4) is 0 Å². The molecule has 0 aliphatic carbocycles. The van der Waals surface area contributed by atoms with Crippen molar-refractivity contribution in [3.05, 3.63) is 11.1 Å². The summed E-state index contributed by atoms with van der Waals surface area (Å²) < 4.78 is 0. The Morgan fingerprint density at radius 2 is 1.29 bits per heavy atom. The number of benzene rings is 1. The molecule has 0 unspecified atom stereocenters. The molecule has 0 aliphatic heterocycles. The van der Waals surface area contributed by atoms with E-state index in [0.717, 1.165) is 0 Å². The Balaban J connectivity index is 3.60.